The molecule has 2 bridgehead atoms. The average molecular weight is 383 g/mol. The maximum atomic E-state index is 13.2. The largest absolute Gasteiger partial charge is 0.336 e. The first kappa shape index (κ1) is 17.2. The van der Waals surface area contributed by atoms with Gasteiger partial charge >= 0.3 is 11.2 Å². The van der Waals surface area contributed by atoms with E-state index in [-0.39, 0.29) is 23.4 Å². The van der Waals surface area contributed by atoms with E-state index >= 15 is 0 Å². The van der Waals surface area contributed by atoms with Crippen LogP contribution in [0.4, 0.5) is 5.69 Å². The van der Waals surface area contributed by atoms with Crippen molar-refractivity contribution in [3.05, 3.63) is 55.2 Å². The molecular weight excluding hydrogens is 362 g/mol. The molecule has 0 radical (unpaired) electrons. The van der Waals surface area contributed by atoms with Crippen LogP contribution in [0.25, 0.3) is 0 Å². The van der Waals surface area contributed by atoms with Crippen molar-refractivity contribution in [2.24, 2.45) is 5.92 Å². The minimum absolute atomic E-state index is 0.0136. The lowest BCUT2D eigenvalue weighted by Gasteiger charge is -2.42. The number of aromatic nitrogens is 3. The summed E-state index contributed by atoms with van der Waals surface area (Å²) in [6, 6.07) is 2.96. The summed E-state index contributed by atoms with van der Waals surface area (Å²) in [6.07, 6.45) is 4.91. The molecule has 9 nitrogen and oxygen atoms in total. The van der Waals surface area contributed by atoms with Crippen molar-refractivity contribution >= 4 is 11.6 Å². The van der Waals surface area contributed by atoms with Crippen molar-refractivity contribution in [3.63, 3.8) is 0 Å². The minimum Gasteiger partial charge on any atom is -0.336 e. The number of aryl methyl sites for hydroxylation is 1. The summed E-state index contributed by atoms with van der Waals surface area (Å²) in [5, 5.41) is 18.4. The number of H-pyrrole nitrogens is 1. The molecule has 5 rings (SSSR count). The highest BCUT2D eigenvalue weighted by molar-refractivity contribution is 5.94. The van der Waals surface area contributed by atoms with Crippen molar-refractivity contribution in [2.45, 2.75) is 44.6 Å². The molecule has 1 fully saturated rings. The van der Waals surface area contributed by atoms with Gasteiger partial charge in [-0.05, 0) is 44.1 Å². The number of pyridine rings is 1. The average Bonchev–Trinajstić information content (AvgIpc) is 3.12. The van der Waals surface area contributed by atoms with Crippen molar-refractivity contribution in [1.82, 2.24) is 19.7 Å². The predicted octanol–water partition coefficient (Wildman–Crippen LogP) is 1.62. The molecule has 0 aromatic carbocycles. The fraction of sp³-hybridized carbons (Fsp3) is 0.526. The molecule has 146 valence electrons. The molecule has 9 heteroatoms. The number of nitrogens with one attached hydrogen (secondary N) is 1. The summed E-state index contributed by atoms with van der Waals surface area (Å²) in [6.45, 7) is 1.47. The van der Waals surface area contributed by atoms with Crippen LogP contribution < -0.4 is 5.56 Å². The van der Waals surface area contributed by atoms with Crippen LogP contribution in [0.15, 0.2) is 16.9 Å². The molecule has 2 aromatic rings. The summed E-state index contributed by atoms with van der Waals surface area (Å²) in [4.78, 5) is 37.9. The van der Waals surface area contributed by atoms with E-state index in [1.165, 1.54) is 10.6 Å². The van der Waals surface area contributed by atoms with E-state index in [2.05, 4.69) is 10.2 Å². The van der Waals surface area contributed by atoms with Crippen molar-refractivity contribution < 1.29 is 9.72 Å². The van der Waals surface area contributed by atoms with Gasteiger partial charge in [-0.25, -0.2) is 0 Å². The van der Waals surface area contributed by atoms with Crippen LogP contribution >= 0.6 is 0 Å². The quantitative estimate of drug-likeness (QED) is 0.625. The number of nitro groups is 1. The number of likely N-dealkylation sites (tertiary alicyclic amines) is 1. The predicted molar refractivity (Wildman–Crippen MR) is 99.3 cm³/mol. The zero-order valence-electron chi connectivity index (χ0n) is 15.4. The van der Waals surface area contributed by atoms with Gasteiger partial charge in [0, 0.05) is 48.6 Å². The SMILES string of the molecule is O=C(c1n[nH]c2c1CCCC2)N1C[C@@H]2C[C@H](C1)c1ccc([N+](=O)[O-])c(=O)n1C2. The van der Waals surface area contributed by atoms with Crippen LogP contribution in [0.3, 0.4) is 0 Å². The molecule has 1 saturated heterocycles. The summed E-state index contributed by atoms with van der Waals surface area (Å²) in [5.41, 5.74) is 2.53. The third-order valence-corrected chi connectivity index (χ3v) is 6.33. The highest BCUT2D eigenvalue weighted by Gasteiger charge is 2.39. The number of carbonyl (C=O) groups excluding carboxylic acids is 1. The minimum atomic E-state index is -0.628. The fourth-order valence-electron chi connectivity index (χ4n) is 5.05. The van der Waals surface area contributed by atoms with Gasteiger partial charge in [-0.15, -0.1) is 0 Å². The molecule has 2 aliphatic heterocycles. The van der Waals surface area contributed by atoms with E-state index in [1.807, 2.05) is 4.90 Å². The van der Waals surface area contributed by atoms with E-state index in [9.17, 15) is 19.7 Å². The maximum Gasteiger partial charge on any atom is 0.334 e. The summed E-state index contributed by atoms with van der Waals surface area (Å²) < 4.78 is 1.54. The summed E-state index contributed by atoms with van der Waals surface area (Å²) in [5.74, 6) is 0.0798. The zero-order chi connectivity index (χ0) is 19.4. The first-order chi connectivity index (χ1) is 13.5. The Hall–Kier alpha value is -2.97. The molecule has 1 N–H and O–H groups in total. The molecule has 2 aromatic heterocycles. The first-order valence-corrected chi connectivity index (χ1v) is 9.76. The van der Waals surface area contributed by atoms with E-state index < -0.39 is 10.5 Å². The third-order valence-electron chi connectivity index (χ3n) is 6.33. The number of aromatic amines is 1. The highest BCUT2D eigenvalue weighted by atomic mass is 16.6. The van der Waals surface area contributed by atoms with Gasteiger partial charge in [0.2, 0.25) is 0 Å². The van der Waals surface area contributed by atoms with Crippen molar-refractivity contribution in [3.8, 4) is 0 Å². The Labute approximate surface area is 160 Å². The van der Waals surface area contributed by atoms with Crippen LogP contribution in [-0.2, 0) is 19.4 Å². The Balaban J connectivity index is 1.44. The van der Waals surface area contributed by atoms with Gasteiger partial charge in [-0.3, -0.25) is 24.8 Å². The molecule has 0 spiro atoms. The number of amides is 1. The van der Waals surface area contributed by atoms with Gasteiger partial charge < -0.3 is 9.47 Å². The molecular formula is C19H21N5O4. The highest BCUT2D eigenvalue weighted by Crippen LogP contribution is 2.36. The summed E-state index contributed by atoms with van der Waals surface area (Å²) in [7, 11) is 0. The van der Waals surface area contributed by atoms with Gasteiger partial charge in [0.1, 0.15) is 0 Å². The third kappa shape index (κ3) is 2.56. The number of hydrogen-bond acceptors (Lipinski definition) is 5. The van der Waals surface area contributed by atoms with E-state index in [0.717, 1.165) is 49.1 Å². The van der Waals surface area contributed by atoms with Crippen molar-refractivity contribution in [2.75, 3.05) is 13.1 Å². The smallest absolute Gasteiger partial charge is 0.334 e. The van der Waals surface area contributed by atoms with Gasteiger partial charge in [0.05, 0.1) is 4.92 Å². The normalized spacial score (nSPS) is 23.1. The Morgan fingerprint density at radius 3 is 2.86 bits per heavy atom. The zero-order valence-corrected chi connectivity index (χ0v) is 15.4. The van der Waals surface area contributed by atoms with Crippen molar-refractivity contribution in [1.29, 1.82) is 0 Å². The molecule has 28 heavy (non-hydrogen) atoms. The molecule has 1 aliphatic carbocycles. The summed E-state index contributed by atoms with van der Waals surface area (Å²) >= 11 is 0. The van der Waals surface area contributed by atoms with E-state index in [1.54, 1.807) is 6.07 Å². The van der Waals surface area contributed by atoms with E-state index in [4.69, 9.17) is 0 Å². The molecule has 3 aliphatic rings. The first-order valence-electron chi connectivity index (χ1n) is 9.76. The molecule has 0 unspecified atom stereocenters. The standard InChI is InChI=1S/C19H21N5O4/c25-18-16(24(27)28)6-5-15-12-7-11(9-23(15)18)8-22(10-12)19(26)17-13-3-1-2-4-14(13)20-21-17/h5-6,11-12H,1-4,7-10H2,(H,20,21)/t11-,12+/m0/s1. The van der Waals surface area contributed by atoms with Crippen LogP contribution in [0.5, 0.6) is 0 Å². The maximum absolute atomic E-state index is 13.2. The van der Waals surface area contributed by atoms with Gasteiger partial charge in [0.25, 0.3) is 5.91 Å². The Morgan fingerprint density at radius 1 is 1.21 bits per heavy atom. The number of hydrogen-bond donors (Lipinski definition) is 1. The topological polar surface area (TPSA) is 114 Å². The Morgan fingerprint density at radius 2 is 2.04 bits per heavy atom. The van der Waals surface area contributed by atoms with Crippen LogP contribution in [0, 0.1) is 16.0 Å². The number of nitrogens with zero attached hydrogens (tertiary/aromatic N) is 4. The van der Waals surface area contributed by atoms with Gasteiger partial charge in [0.15, 0.2) is 5.69 Å². The molecule has 2 atom stereocenters. The molecule has 1 amide bonds. The lowest BCUT2D eigenvalue weighted by Crippen LogP contribution is -2.49. The van der Waals surface area contributed by atoms with Crippen LogP contribution in [0.1, 0.15) is 52.6 Å². The second-order valence-corrected chi connectivity index (χ2v) is 8.06. The number of rotatable bonds is 2. The Bertz CT molecular complexity index is 1040. The monoisotopic (exact) mass is 383 g/mol. The Kier molecular flexibility index (Phi) is 3.85. The second kappa shape index (κ2) is 6.29. The lowest BCUT2D eigenvalue weighted by atomic mass is 9.83. The number of piperidine rings is 1. The van der Waals surface area contributed by atoms with Gasteiger partial charge in [-0.1, -0.05) is 0 Å². The van der Waals surface area contributed by atoms with Crippen LogP contribution in [0.2, 0.25) is 0 Å². The number of fused-ring (bicyclic) bond motifs is 5. The molecule has 4 heterocycles. The fourth-order valence-corrected chi connectivity index (χ4v) is 5.05. The van der Waals surface area contributed by atoms with E-state index in [0.29, 0.717) is 25.3 Å². The van der Waals surface area contributed by atoms with Gasteiger partial charge in [-0.2, -0.15) is 5.10 Å². The molecule has 0 saturated carbocycles. The second-order valence-electron chi connectivity index (χ2n) is 8.06. The lowest BCUT2D eigenvalue weighted by molar-refractivity contribution is -0.386. The number of carbonyl (C=O) groups is 1. The van der Waals surface area contributed by atoms with Crippen LogP contribution in [-0.4, -0.2) is 43.6 Å².